The number of furan rings is 1. The van der Waals surface area contributed by atoms with Crippen LogP contribution < -0.4 is 10.0 Å². The van der Waals surface area contributed by atoms with Gasteiger partial charge >= 0.3 is 0 Å². The van der Waals surface area contributed by atoms with E-state index in [1.165, 1.54) is 30.5 Å². The lowest BCUT2D eigenvalue weighted by molar-refractivity contribution is 0.0991. The molecule has 9 heteroatoms. The molecule has 102 valence electrons. The van der Waals surface area contributed by atoms with E-state index in [1.807, 2.05) is 6.92 Å². The molecule has 2 aromatic heterocycles. The molecule has 0 aliphatic rings. The van der Waals surface area contributed by atoms with E-state index in [1.54, 1.807) is 6.20 Å². The Morgan fingerprint density at radius 1 is 1.42 bits per heavy atom. The number of carbonyl (C=O) groups excluding carboxylic acids is 1. The molecule has 0 saturated carbocycles. The van der Waals surface area contributed by atoms with Crippen molar-refractivity contribution < 1.29 is 17.6 Å². The van der Waals surface area contributed by atoms with Gasteiger partial charge in [-0.3, -0.25) is 10.1 Å². The number of sulfonamides is 1. The maximum atomic E-state index is 11.8. The smallest absolute Gasteiger partial charge is 0.293 e. The number of aryl methyl sites for hydroxylation is 1. The number of hydrogen-bond acceptors (Lipinski definition) is 6. The largest absolute Gasteiger partial charge is 0.438 e. The third-order valence-corrected chi connectivity index (χ3v) is 4.30. The molecule has 19 heavy (non-hydrogen) atoms. The van der Waals surface area contributed by atoms with Crippen LogP contribution in [0, 0.1) is 6.92 Å². The molecule has 0 bridgehead atoms. The quantitative estimate of drug-likeness (QED) is 0.883. The Kier molecular flexibility index (Phi) is 3.69. The van der Waals surface area contributed by atoms with E-state index in [4.69, 9.17) is 4.42 Å². The normalized spacial score (nSPS) is 11.5. The standard InChI is InChI=1S/C10H11N3O4S2/c1-6-5-12-10(18-6)13-9(14)7-3-4-8(17-7)19(15,16)11-2/h3-5,11H,1-2H3,(H,12,13,14). The number of aromatic nitrogens is 1. The summed E-state index contributed by atoms with van der Waals surface area (Å²) in [6.07, 6.45) is 1.62. The second-order valence-electron chi connectivity index (χ2n) is 3.56. The Morgan fingerprint density at radius 2 is 2.16 bits per heavy atom. The number of anilines is 1. The molecule has 7 nitrogen and oxygen atoms in total. The summed E-state index contributed by atoms with van der Waals surface area (Å²) >= 11 is 1.31. The maximum absolute atomic E-state index is 11.8. The summed E-state index contributed by atoms with van der Waals surface area (Å²) in [4.78, 5) is 16.7. The van der Waals surface area contributed by atoms with Crippen LogP contribution in [0.15, 0.2) is 27.8 Å². The molecule has 0 unspecified atom stereocenters. The van der Waals surface area contributed by atoms with Gasteiger partial charge in [-0.1, -0.05) is 0 Å². The topological polar surface area (TPSA) is 101 Å². The SMILES string of the molecule is CNS(=O)(=O)c1ccc(C(=O)Nc2ncc(C)s2)o1. The van der Waals surface area contributed by atoms with Crippen LogP contribution in [0.2, 0.25) is 0 Å². The van der Waals surface area contributed by atoms with Crippen LogP contribution in [-0.2, 0) is 10.0 Å². The van der Waals surface area contributed by atoms with Crippen molar-refractivity contribution in [1.82, 2.24) is 9.71 Å². The maximum Gasteiger partial charge on any atom is 0.293 e. The average Bonchev–Trinajstić information content (AvgIpc) is 2.98. The highest BCUT2D eigenvalue weighted by molar-refractivity contribution is 7.89. The predicted molar refractivity (Wildman–Crippen MR) is 69.8 cm³/mol. The first-order chi connectivity index (χ1) is 8.92. The molecule has 1 amide bonds. The highest BCUT2D eigenvalue weighted by Crippen LogP contribution is 2.19. The summed E-state index contributed by atoms with van der Waals surface area (Å²) in [6, 6.07) is 2.51. The first kappa shape index (κ1) is 13.7. The lowest BCUT2D eigenvalue weighted by Gasteiger charge is -1.98. The zero-order valence-corrected chi connectivity index (χ0v) is 11.8. The molecule has 2 heterocycles. The molecule has 0 saturated heterocycles. The van der Waals surface area contributed by atoms with Gasteiger partial charge in [0.2, 0.25) is 5.09 Å². The molecule has 0 radical (unpaired) electrons. The number of hydrogen-bond donors (Lipinski definition) is 2. The molecule has 0 aliphatic carbocycles. The molecule has 2 aromatic rings. The molecule has 2 N–H and O–H groups in total. The molecule has 0 atom stereocenters. The summed E-state index contributed by atoms with van der Waals surface area (Å²) in [5.41, 5.74) is 0. The van der Waals surface area contributed by atoms with Gasteiger partial charge in [0.15, 0.2) is 10.9 Å². The van der Waals surface area contributed by atoms with Crippen LogP contribution in [0.25, 0.3) is 0 Å². The Labute approximate surface area is 113 Å². The molecule has 0 aliphatic heterocycles. The zero-order valence-electron chi connectivity index (χ0n) is 10.1. The highest BCUT2D eigenvalue weighted by Gasteiger charge is 2.20. The zero-order chi connectivity index (χ0) is 14.0. The van der Waals surface area contributed by atoms with Gasteiger partial charge in [-0.05, 0) is 26.1 Å². The minimum Gasteiger partial charge on any atom is -0.438 e. The van der Waals surface area contributed by atoms with Crippen LogP contribution in [0.1, 0.15) is 15.4 Å². The number of carbonyl (C=O) groups is 1. The van der Waals surface area contributed by atoms with E-state index in [0.717, 1.165) is 4.88 Å². The van der Waals surface area contributed by atoms with Gasteiger partial charge in [-0.25, -0.2) is 18.1 Å². The fourth-order valence-electron chi connectivity index (χ4n) is 1.26. The second-order valence-corrected chi connectivity index (χ2v) is 6.61. The number of nitrogens with zero attached hydrogens (tertiary/aromatic N) is 1. The van der Waals surface area contributed by atoms with Crippen molar-refractivity contribution in [2.45, 2.75) is 12.0 Å². The monoisotopic (exact) mass is 301 g/mol. The minimum atomic E-state index is -3.69. The van der Waals surface area contributed by atoms with E-state index in [0.29, 0.717) is 5.13 Å². The third kappa shape index (κ3) is 3.00. The van der Waals surface area contributed by atoms with Crippen molar-refractivity contribution in [3.63, 3.8) is 0 Å². The molecular formula is C10H11N3O4S2. The van der Waals surface area contributed by atoms with Crippen LogP contribution in [0.5, 0.6) is 0 Å². The lowest BCUT2D eigenvalue weighted by Crippen LogP contribution is -2.18. The molecule has 0 fully saturated rings. The van der Waals surface area contributed by atoms with Crippen molar-refractivity contribution in [2.24, 2.45) is 0 Å². The van der Waals surface area contributed by atoms with Gasteiger partial charge < -0.3 is 4.42 Å². The van der Waals surface area contributed by atoms with Gasteiger partial charge in [-0.15, -0.1) is 11.3 Å². The average molecular weight is 301 g/mol. The van der Waals surface area contributed by atoms with Crippen molar-refractivity contribution in [3.05, 3.63) is 29.0 Å². The van der Waals surface area contributed by atoms with Gasteiger partial charge in [0.05, 0.1) is 0 Å². The van der Waals surface area contributed by atoms with E-state index in [-0.39, 0.29) is 10.9 Å². The van der Waals surface area contributed by atoms with Gasteiger partial charge in [0.25, 0.3) is 15.9 Å². The first-order valence-corrected chi connectivity index (χ1v) is 7.49. The molecule has 2 rings (SSSR count). The van der Waals surface area contributed by atoms with Gasteiger partial charge in [-0.2, -0.15) is 0 Å². The van der Waals surface area contributed by atoms with Crippen LogP contribution >= 0.6 is 11.3 Å². The van der Waals surface area contributed by atoms with Crippen molar-refractivity contribution in [3.8, 4) is 0 Å². The first-order valence-electron chi connectivity index (χ1n) is 5.19. The van der Waals surface area contributed by atoms with E-state index < -0.39 is 15.9 Å². The number of thiazole rings is 1. The second kappa shape index (κ2) is 5.11. The lowest BCUT2D eigenvalue weighted by atomic mass is 10.4. The predicted octanol–water partition coefficient (Wildman–Crippen LogP) is 1.20. The number of nitrogens with one attached hydrogen (secondary N) is 2. The fraction of sp³-hybridized carbons (Fsp3) is 0.200. The Morgan fingerprint density at radius 3 is 2.74 bits per heavy atom. The molecular weight excluding hydrogens is 290 g/mol. The van der Waals surface area contributed by atoms with Crippen LogP contribution in [0.3, 0.4) is 0 Å². The fourth-order valence-corrected chi connectivity index (χ4v) is 2.57. The van der Waals surface area contributed by atoms with Crippen LogP contribution in [-0.4, -0.2) is 26.4 Å². The molecule has 0 spiro atoms. The summed E-state index contributed by atoms with van der Waals surface area (Å²) in [5.74, 6) is -0.645. The Bertz CT molecular complexity index is 702. The van der Waals surface area contributed by atoms with Gasteiger partial charge in [0.1, 0.15) is 0 Å². The summed E-state index contributed by atoms with van der Waals surface area (Å²) in [6.45, 7) is 1.86. The van der Waals surface area contributed by atoms with E-state index >= 15 is 0 Å². The number of amides is 1. The molecule has 0 aromatic carbocycles. The summed E-state index contributed by atoms with van der Waals surface area (Å²) < 4.78 is 30.0. The number of rotatable bonds is 4. The Balaban J connectivity index is 2.17. The van der Waals surface area contributed by atoms with Gasteiger partial charge in [0, 0.05) is 11.1 Å². The van der Waals surface area contributed by atoms with Crippen molar-refractivity contribution in [1.29, 1.82) is 0 Å². The van der Waals surface area contributed by atoms with E-state index in [9.17, 15) is 13.2 Å². The third-order valence-electron chi connectivity index (χ3n) is 2.18. The minimum absolute atomic E-state index is 0.0957. The summed E-state index contributed by atoms with van der Waals surface area (Å²) in [7, 11) is -2.43. The van der Waals surface area contributed by atoms with Crippen molar-refractivity contribution >= 4 is 32.4 Å². The van der Waals surface area contributed by atoms with Crippen LogP contribution in [0.4, 0.5) is 5.13 Å². The van der Waals surface area contributed by atoms with E-state index in [2.05, 4.69) is 15.0 Å². The van der Waals surface area contributed by atoms with Crippen molar-refractivity contribution in [2.75, 3.05) is 12.4 Å². The Hall–Kier alpha value is -1.71. The highest BCUT2D eigenvalue weighted by atomic mass is 32.2. The summed E-state index contributed by atoms with van der Waals surface area (Å²) in [5, 5.41) is 2.64.